The molecule has 0 spiro atoms. The Labute approximate surface area is 189 Å². The number of aliphatic carboxylic acids is 1. The summed E-state index contributed by atoms with van der Waals surface area (Å²) in [6.07, 6.45) is 3.36. The summed E-state index contributed by atoms with van der Waals surface area (Å²) in [6.45, 7) is 2.09. The van der Waals surface area contributed by atoms with Crippen molar-refractivity contribution in [2.45, 2.75) is 19.8 Å². The minimum absolute atomic E-state index is 0.206. The summed E-state index contributed by atoms with van der Waals surface area (Å²) in [5.41, 5.74) is 1.96. The third kappa shape index (κ3) is 6.30. The molecule has 0 aromatic heterocycles. The summed E-state index contributed by atoms with van der Waals surface area (Å²) >= 11 is 3.43. The third-order valence-corrected chi connectivity index (χ3v) is 5.14. The molecule has 0 aliphatic carbocycles. The van der Waals surface area contributed by atoms with Gasteiger partial charge in [-0.15, -0.1) is 0 Å². The molecule has 3 rings (SSSR count). The highest BCUT2D eigenvalue weighted by atomic mass is 79.9. The molecule has 0 aliphatic rings. The third-order valence-electron chi connectivity index (χ3n) is 4.49. The second-order valence-electron chi connectivity index (χ2n) is 6.87. The molecule has 3 aromatic carbocycles. The summed E-state index contributed by atoms with van der Waals surface area (Å²) in [5, 5.41) is 12.0. The van der Waals surface area contributed by atoms with Crippen LogP contribution in [-0.2, 0) is 11.2 Å². The number of benzene rings is 3. The molecular formula is C25H22BrNO4. The fraction of sp³-hybridized carbons (Fsp3) is 0.120. The van der Waals surface area contributed by atoms with Gasteiger partial charge in [0.25, 0.3) is 5.91 Å². The molecule has 2 N–H and O–H groups in total. The predicted octanol–water partition coefficient (Wildman–Crippen LogP) is 6.05. The van der Waals surface area contributed by atoms with Crippen LogP contribution in [0.25, 0.3) is 6.08 Å². The van der Waals surface area contributed by atoms with E-state index in [0.29, 0.717) is 22.6 Å². The lowest BCUT2D eigenvalue weighted by Crippen LogP contribution is -2.27. The van der Waals surface area contributed by atoms with Gasteiger partial charge in [0, 0.05) is 5.56 Å². The topological polar surface area (TPSA) is 75.6 Å². The molecule has 0 bridgehead atoms. The molecule has 0 saturated heterocycles. The lowest BCUT2D eigenvalue weighted by Gasteiger charge is -2.09. The monoisotopic (exact) mass is 479 g/mol. The maximum atomic E-state index is 12.5. The van der Waals surface area contributed by atoms with E-state index >= 15 is 0 Å². The molecule has 0 aliphatic heterocycles. The van der Waals surface area contributed by atoms with Gasteiger partial charge in [-0.2, -0.15) is 0 Å². The molecule has 1 amide bonds. The van der Waals surface area contributed by atoms with Crippen LogP contribution >= 0.6 is 15.9 Å². The molecule has 31 heavy (non-hydrogen) atoms. The number of hydrogen-bond acceptors (Lipinski definition) is 3. The van der Waals surface area contributed by atoms with Crippen molar-refractivity contribution >= 4 is 33.9 Å². The predicted molar refractivity (Wildman–Crippen MR) is 124 cm³/mol. The molecule has 6 heteroatoms. The van der Waals surface area contributed by atoms with E-state index in [1.54, 1.807) is 36.4 Å². The molecule has 0 heterocycles. The minimum atomic E-state index is -1.22. The van der Waals surface area contributed by atoms with Crippen molar-refractivity contribution in [3.63, 3.8) is 0 Å². The van der Waals surface area contributed by atoms with Crippen LogP contribution in [0.1, 0.15) is 34.8 Å². The minimum Gasteiger partial charge on any atom is -0.477 e. The number of carbonyl (C=O) groups excluding carboxylic acids is 1. The van der Waals surface area contributed by atoms with Crippen LogP contribution < -0.4 is 10.1 Å². The van der Waals surface area contributed by atoms with E-state index in [9.17, 15) is 14.7 Å². The maximum absolute atomic E-state index is 12.5. The fourth-order valence-corrected chi connectivity index (χ4v) is 3.28. The zero-order chi connectivity index (χ0) is 22.2. The molecule has 3 aromatic rings. The molecule has 5 nitrogen and oxygen atoms in total. The summed E-state index contributed by atoms with van der Waals surface area (Å²) < 4.78 is 6.64. The van der Waals surface area contributed by atoms with Crippen LogP contribution in [0.4, 0.5) is 0 Å². The number of carboxylic acid groups (broad SMARTS) is 1. The standard InChI is InChI=1S/C25H22BrNO4/c1-2-5-17-8-12-19(13-9-17)24(28)27-22(25(29)30)16-18-10-14-20(15-11-18)31-23-7-4-3-6-21(23)26/h3-4,6-16H,2,5H2,1H3,(H,27,28)(H,29,30)/b22-16-. The number of rotatable bonds is 8. The number of hydrogen-bond donors (Lipinski definition) is 2. The van der Waals surface area contributed by atoms with Crippen LogP contribution in [0.2, 0.25) is 0 Å². The van der Waals surface area contributed by atoms with Gasteiger partial charge in [0.15, 0.2) is 0 Å². The number of amides is 1. The first-order valence-electron chi connectivity index (χ1n) is 9.84. The van der Waals surface area contributed by atoms with E-state index in [2.05, 4.69) is 28.2 Å². The second-order valence-corrected chi connectivity index (χ2v) is 7.72. The largest absolute Gasteiger partial charge is 0.477 e. The zero-order valence-electron chi connectivity index (χ0n) is 17.0. The van der Waals surface area contributed by atoms with Gasteiger partial charge in [-0.1, -0.05) is 49.7 Å². The Hall–Kier alpha value is -3.38. The van der Waals surface area contributed by atoms with Gasteiger partial charge in [0.05, 0.1) is 4.47 Å². The summed E-state index contributed by atoms with van der Waals surface area (Å²) in [6, 6.07) is 21.6. The Morgan fingerprint density at radius 2 is 1.68 bits per heavy atom. The van der Waals surface area contributed by atoms with Crippen molar-refractivity contribution in [2.75, 3.05) is 0 Å². The Morgan fingerprint density at radius 3 is 2.29 bits per heavy atom. The number of ether oxygens (including phenoxy) is 1. The van der Waals surface area contributed by atoms with Gasteiger partial charge in [0.2, 0.25) is 0 Å². The number of carbonyl (C=O) groups is 2. The average Bonchev–Trinajstić information content (AvgIpc) is 2.76. The van der Waals surface area contributed by atoms with Crippen LogP contribution in [0.15, 0.2) is 83.0 Å². The van der Waals surface area contributed by atoms with E-state index in [0.717, 1.165) is 22.9 Å². The Bertz CT molecular complexity index is 1090. The van der Waals surface area contributed by atoms with Gasteiger partial charge >= 0.3 is 5.97 Å². The zero-order valence-corrected chi connectivity index (χ0v) is 18.6. The summed E-state index contributed by atoms with van der Waals surface area (Å²) in [4.78, 5) is 24.1. The van der Waals surface area contributed by atoms with Crippen molar-refractivity contribution in [1.29, 1.82) is 0 Å². The van der Waals surface area contributed by atoms with Crippen molar-refractivity contribution < 1.29 is 19.4 Å². The van der Waals surface area contributed by atoms with E-state index in [1.807, 2.05) is 36.4 Å². The number of carboxylic acids is 1. The second kappa shape index (κ2) is 10.6. The SMILES string of the molecule is CCCc1ccc(C(=O)N/C(=C\c2ccc(Oc3ccccc3Br)cc2)C(=O)O)cc1. The number of halogens is 1. The molecule has 0 saturated carbocycles. The van der Waals surface area contributed by atoms with Crippen LogP contribution in [-0.4, -0.2) is 17.0 Å². The van der Waals surface area contributed by atoms with Gasteiger partial charge in [-0.25, -0.2) is 4.79 Å². The van der Waals surface area contributed by atoms with E-state index in [-0.39, 0.29) is 5.70 Å². The molecular weight excluding hydrogens is 458 g/mol. The lowest BCUT2D eigenvalue weighted by molar-refractivity contribution is -0.132. The molecule has 0 radical (unpaired) electrons. The first-order valence-corrected chi connectivity index (χ1v) is 10.6. The van der Waals surface area contributed by atoms with Gasteiger partial charge in [-0.05, 0) is 76.0 Å². The Kier molecular flexibility index (Phi) is 7.62. The number of aryl methyl sites for hydroxylation is 1. The highest BCUT2D eigenvalue weighted by molar-refractivity contribution is 9.10. The summed E-state index contributed by atoms with van der Waals surface area (Å²) in [5.74, 6) is -0.401. The van der Waals surface area contributed by atoms with Crippen LogP contribution in [0, 0.1) is 0 Å². The molecule has 0 atom stereocenters. The molecule has 0 fully saturated rings. The first-order chi connectivity index (χ1) is 15.0. The number of nitrogens with one attached hydrogen (secondary N) is 1. The van der Waals surface area contributed by atoms with Crippen molar-refractivity contribution in [1.82, 2.24) is 5.32 Å². The van der Waals surface area contributed by atoms with Crippen molar-refractivity contribution in [2.24, 2.45) is 0 Å². The van der Waals surface area contributed by atoms with Crippen LogP contribution in [0.5, 0.6) is 11.5 Å². The van der Waals surface area contributed by atoms with Gasteiger partial charge in [-0.3, -0.25) is 4.79 Å². The maximum Gasteiger partial charge on any atom is 0.352 e. The summed E-state index contributed by atoms with van der Waals surface area (Å²) in [7, 11) is 0. The fourth-order valence-electron chi connectivity index (χ4n) is 2.91. The molecule has 0 unspecified atom stereocenters. The van der Waals surface area contributed by atoms with Crippen LogP contribution in [0.3, 0.4) is 0 Å². The van der Waals surface area contributed by atoms with Crippen molar-refractivity contribution in [3.05, 3.63) is 99.7 Å². The highest BCUT2D eigenvalue weighted by Gasteiger charge is 2.13. The first kappa shape index (κ1) is 22.3. The molecule has 158 valence electrons. The van der Waals surface area contributed by atoms with Gasteiger partial charge < -0.3 is 15.2 Å². The normalized spacial score (nSPS) is 11.1. The van der Waals surface area contributed by atoms with E-state index in [1.165, 1.54) is 6.08 Å². The average molecular weight is 480 g/mol. The quantitative estimate of drug-likeness (QED) is 0.385. The Balaban J connectivity index is 1.72. The highest BCUT2D eigenvalue weighted by Crippen LogP contribution is 2.29. The smallest absolute Gasteiger partial charge is 0.352 e. The van der Waals surface area contributed by atoms with E-state index < -0.39 is 11.9 Å². The Morgan fingerprint density at radius 1 is 1.00 bits per heavy atom. The number of para-hydroxylation sites is 1. The van der Waals surface area contributed by atoms with E-state index in [4.69, 9.17) is 4.74 Å². The van der Waals surface area contributed by atoms with Crippen molar-refractivity contribution in [3.8, 4) is 11.5 Å². The van der Waals surface area contributed by atoms with Gasteiger partial charge in [0.1, 0.15) is 17.2 Å². The lowest BCUT2D eigenvalue weighted by atomic mass is 10.1.